The second-order valence-electron chi connectivity index (χ2n) is 7.39. The van der Waals surface area contributed by atoms with Gasteiger partial charge in [0.05, 0.1) is 4.47 Å². The standard InChI is InChI=1S/C19H27Br2NO/c1-22(2)11-7-8-16-15-12-14(20)13-17(21)18(15)23-19(16)9-5-3-4-6-10-19/h12-13,16H,3-11H2,1-2H3. The lowest BCUT2D eigenvalue weighted by Crippen LogP contribution is -2.38. The largest absolute Gasteiger partial charge is 0.485 e. The van der Waals surface area contributed by atoms with E-state index in [-0.39, 0.29) is 5.60 Å². The monoisotopic (exact) mass is 443 g/mol. The van der Waals surface area contributed by atoms with Crippen molar-refractivity contribution in [2.24, 2.45) is 0 Å². The highest BCUT2D eigenvalue weighted by Gasteiger charge is 2.48. The van der Waals surface area contributed by atoms with Crippen LogP contribution in [0.3, 0.4) is 0 Å². The molecule has 0 radical (unpaired) electrons. The van der Waals surface area contributed by atoms with Crippen LogP contribution in [-0.2, 0) is 0 Å². The molecule has 1 atom stereocenters. The molecular weight excluding hydrogens is 418 g/mol. The number of nitrogens with zero attached hydrogens (tertiary/aromatic N) is 1. The Hall–Kier alpha value is -0.0600. The third-order valence-electron chi connectivity index (χ3n) is 5.40. The predicted octanol–water partition coefficient (Wildman–Crippen LogP) is 6.12. The fraction of sp³-hybridized carbons (Fsp3) is 0.684. The van der Waals surface area contributed by atoms with Gasteiger partial charge in [0.2, 0.25) is 0 Å². The van der Waals surface area contributed by atoms with E-state index in [1.807, 2.05) is 0 Å². The Kier molecular flexibility index (Phi) is 5.75. The van der Waals surface area contributed by atoms with Crippen molar-refractivity contribution in [3.05, 3.63) is 26.6 Å². The molecule has 1 aromatic rings. The van der Waals surface area contributed by atoms with Crippen LogP contribution in [0.15, 0.2) is 21.1 Å². The van der Waals surface area contributed by atoms with E-state index in [1.165, 1.54) is 56.9 Å². The minimum absolute atomic E-state index is 0.0362. The van der Waals surface area contributed by atoms with Crippen LogP contribution in [0, 0.1) is 0 Å². The van der Waals surface area contributed by atoms with Crippen molar-refractivity contribution in [3.8, 4) is 5.75 Å². The van der Waals surface area contributed by atoms with Crippen LogP contribution < -0.4 is 4.74 Å². The van der Waals surface area contributed by atoms with Crippen LogP contribution in [-0.4, -0.2) is 31.1 Å². The van der Waals surface area contributed by atoms with Gasteiger partial charge < -0.3 is 9.64 Å². The van der Waals surface area contributed by atoms with Gasteiger partial charge in [-0.25, -0.2) is 0 Å². The summed E-state index contributed by atoms with van der Waals surface area (Å²) < 4.78 is 8.94. The van der Waals surface area contributed by atoms with Gasteiger partial charge in [-0.3, -0.25) is 0 Å². The minimum Gasteiger partial charge on any atom is -0.485 e. The summed E-state index contributed by atoms with van der Waals surface area (Å²) in [5.41, 5.74) is 1.45. The summed E-state index contributed by atoms with van der Waals surface area (Å²) in [6, 6.07) is 4.41. The molecule has 4 heteroatoms. The first-order valence-corrected chi connectivity index (χ1v) is 10.4. The molecule has 0 bridgehead atoms. The maximum atomic E-state index is 6.69. The Bertz CT molecular complexity index is 551. The molecule has 1 unspecified atom stereocenters. The van der Waals surface area contributed by atoms with Crippen molar-refractivity contribution in [2.45, 2.75) is 62.9 Å². The van der Waals surface area contributed by atoms with Crippen LogP contribution in [0.5, 0.6) is 5.75 Å². The van der Waals surface area contributed by atoms with E-state index in [0.717, 1.165) is 21.2 Å². The number of rotatable bonds is 4. The average Bonchev–Trinajstić information content (AvgIpc) is 2.64. The van der Waals surface area contributed by atoms with E-state index in [4.69, 9.17) is 4.74 Å². The molecule has 1 fully saturated rings. The molecule has 0 N–H and O–H groups in total. The first kappa shape index (κ1) is 17.8. The second kappa shape index (κ2) is 7.45. The molecule has 1 aromatic carbocycles. The molecular formula is C19H27Br2NO. The van der Waals surface area contributed by atoms with Crippen molar-refractivity contribution in [3.63, 3.8) is 0 Å². The number of hydrogen-bond donors (Lipinski definition) is 0. The summed E-state index contributed by atoms with van der Waals surface area (Å²) in [6.07, 6.45) is 10.2. The van der Waals surface area contributed by atoms with Gasteiger partial charge in [0.1, 0.15) is 11.4 Å². The van der Waals surface area contributed by atoms with Crippen LogP contribution in [0.2, 0.25) is 0 Å². The van der Waals surface area contributed by atoms with Crippen LogP contribution in [0.25, 0.3) is 0 Å². The molecule has 1 aliphatic carbocycles. The third kappa shape index (κ3) is 3.80. The highest BCUT2D eigenvalue weighted by molar-refractivity contribution is 9.11. The Balaban J connectivity index is 1.91. The SMILES string of the molecule is CN(C)CCCC1c2cc(Br)cc(Br)c2OC12CCCCCC2. The van der Waals surface area contributed by atoms with Crippen molar-refractivity contribution >= 4 is 31.9 Å². The van der Waals surface area contributed by atoms with Gasteiger partial charge in [-0.15, -0.1) is 0 Å². The summed E-state index contributed by atoms with van der Waals surface area (Å²) >= 11 is 7.39. The lowest BCUT2D eigenvalue weighted by Gasteiger charge is -2.34. The van der Waals surface area contributed by atoms with E-state index < -0.39 is 0 Å². The highest BCUT2D eigenvalue weighted by Crippen LogP contribution is 2.55. The Morgan fingerprint density at radius 3 is 2.48 bits per heavy atom. The van der Waals surface area contributed by atoms with E-state index in [2.05, 4.69) is 63.0 Å². The van der Waals surface area contributed by atoms with Crippen LogP contribution in [0.4, 0.5) is 0 Å². The van der Waals surface area contributed by atoms with E-state index >= 15 is 0 Å². The maximum Gasteiger partial charge on any atom is 0.138 e. The van der Waals surface area contributed by atoms with E-state index in [9.17, 15) is 0 Å². The number of benzene rings is 1. The molecule has 23 heavy (non-hydrogen) atoms. The number of ether oxygens (including phenoxy) is 1. The third-order valence-corrected chi connectivity index (χ3v) is 6.45. The van der Waals surface area contributed by atoms with E-state index in [0.29, 0.717) is 5.92 Å². The molecule has 2 aliphatic rings. The zero-order valence-corrected chi connectivity index (χ0v) is 17.4. The molecule has 0 amide bonds. The molecule has 2 nitrogen and oxygen atoms in total. The van der Waals surface area contributed by atoms with Crippen LogP contribution in [0.1, 0.15) is 62.8 Å². The molecule has 128 valence electrons. The summed E-state index contributed by atoms with van der Waals surface area (Å²) in [5.74, 6) is 1.63. The second-order valence-corrected chi connectivity index (χ2v) is 9.16. The van der Waals surface area contributed by atoms with Gasteiger partial charge in [0, 0.05) is 16.0 Å². The maximum absolute atomic E-state index is 6.69. The smallest absolute Gasteiger partial charge is 0.138 e. The van der Waals surface area contributed by atoms with Crippen molar-refractivity contribution in [1.29, 1.82) is 0 Å². The topological polar surface area (TPSA) is 12.5 Å². The molecule has 1 spiro atoms. The first-order chi connectivity index (χ1) is 11.0. The molecule has 1 saturated carbocycles. The summed E-state index contributed by atoms with van der Waals surface area (Å²) in [6.45, 7) is 1.15. The first-order valence-electron chi connectivity index (χ1n) is 8.84. The normalized spacial score (nSPS) is 22.9. The van der Waals surface area contributed by atoms with Gasteiger partial charge in [-0.2, -0.15) is 0 Å². The predicted molar refractivity (Wildman–Crippen MR) is 103 cm³/mol. The van der Waals surface area contributed by atoms with Crippen molar-refractivity contribution < 1.29 is 4.74 Å². The van der Waals surface area contributed by atoms with E-state index in [1.54, 1.807) is 0 Å². The Morgan fingerprint density at radius 1 is 1.13 bits per heavy atom. The lowest BCUT2D eigenvalue weighted by atomic mass is 9.76. The zero-order valence-electron chi connectivity index (χ0n) is 14.2. The molecule has 0 saturated heterocycles. The molecule has 1 aliphatic heterocycles. The van der Waals surface area contributed by atoms with Crippen LogP contribution >= 0.6 is 31.9 Å². The highest BCUT2D eigenvalue weighted by atomic mass is 79.9. The van der Waals surface area contributed by atoms with Gasteiger partial charge in [-0.05, 0) is 87.2 Å². The molecule has 3 rings (SSSR count). The van der Waals surface area contributed by atoms with Gasteiger partial charge in [-0.1, -0.05) is 28.8 Å². The summed E-state index contributed by atoms with van der Waals surface area (Å²) in [4.78, 5) is 2.29. The summed E-state index contributed by atoms with van der Waals surface area (Å²) in [5, 5.41) is 0. The fourth-order valence-electron chi connectivity index (χ4n) is 4.31. The van der Waals surface area contributed by atoms with Crippen molar-refractivity contribution in [2.75, 3.05) is 20.6 Å². The number of hydrogen-bond acceptors (Lipinski definition) is 2. The average molecular weight is 445 g/mol. The van der Waals surface area contributed by atoms with Gasteiger partial charge >= 0.3 is 0 Å². The van der Waals surface area contributed by atoms with Gasteiger partial charge in [0.15, 0.2) is 0 Å². The molecule has 1 heterocycles. The number of fused-ring (bicyclic) bond motifs is 1. The molecule has 0 aromatic heterocycles. The summed E-state index contributed by atoms with van der Waals surface area (Å²) in [7, 11) is 4.32. The van der Waals surface area contributed by atoms with Gasteiger partial charge in [0.25, 0.3) is 0 Å². The lowest BCUT2D eigenvalue weighted by molar-refractivity contribution is 0.0467. The van der Waals surface area contributed by atoms with Crippen molar-refractivity contribution in [1.82, 2.24) is 4.90 Å². The fourth-order valence-corrected chi connectivity index (χ4v) is 5.65. The minimum atomic E-state index is 0.0362. The quantitative estimate of drug-likeness (QED) is 0.554. The zero-order chi connectivity index (χ0) is 16.4. The Morgan fingerprint density at radius 2 is 1.83 bits per heavy atom. The number of halogens is 2. The Labute approximate surface area is 157 Å².